The Kier molecular flexibility index (Phi) is 5.88. The van der Waals surface area contributed by atoms with E-state index in [-0.39, 0.29) is 22.4 Å². The first-order valence-corrected chi connectivity index (χ1v) is 10.2. The van der Waals surface area contributed by atoms with Gasteiger partial charge >= 0.3 is 0 Å². The number of anilines is 1. The molecule has 0 spiro atoms. The summed E-state index contributed by atoms with van der Waals surface area (Å²) in [7, 11) is 0. The Morgan fingerprint density at radius 1 is 0.897 bits per heavy atom. The number of nitro groups is 1. The Balaban J connectivity index is 2.04. The summed E-state index contributed by atoms with van der Waals surface area (Å²) in [4.78, 5) is 38.4. The van der Waals surface area contributed by atoms with E-state index in [0.29, 0.717) is 22.1 Å². The molecule has 0 N–H and O–H groups in total. The van der Waals surface area contributed by atoms with Crippen LogP contribution >= 0.6 is 11.8 Å². The first-order chi connectivity index (χ1) is 13.7. The highest BCUT2D eigenvalue weighted by atomic mass is 32.2. The first kappa shape index (κ1) is 20.8. The molecule has 29 heavy (non-hydrogen) atoms. The fourth-order valence-electron chi connectivity index (χ4n) is 3.10. The van der Waals surface area contributed by atoms with Gasteiger partial charge in [-0.3, -0.25) is 19.7 Å². The van der Waals surface area contributed by atoms with Gasteiger partial charge in [0, 0.05) is 17.4 Å². The van der Waals surface area contributed by atoms with Crippen molar-refractivity contribution in [3.63, 3.8) is 0 Å². The number of nitrogens with zero attached hydrogens (tertiary/aromatic N) is 2. The summed E-state index contributed by atoms with van der Waals surface area (Å²) in [5.74, 6) is -0.432. The van der Waals surface area contributed by atoms with Crippen LogP contribution in [0.5, 0.6) is 0 Å². The molecule has 2 amide bonds. The number of carbonyl (C=O) groups is 2. The van der Waals surface area contributed by atoms with Crippen molar-refractivity contribution in [1.29, 1.82) is 0 Å². The third kappa shape index (κ3) is 4.10. The van der Waals surface area contributed by atoms with Crippen molar-refractivity contribution in [1.82, 2.24) is 0 Å². The quantitative estimate of drug-likeness (QED) is 0.374. The molecule has 2 aromatic carbocycles. The summed E-state index contributed by atoms with van der Waals surface area (Å²) in [5.41, 5.74) is 2.36. The van der Waals surface area contributed by atoms with Gasteiger partial charge in [-0.25, -0.2) is 4.90 Å². The minimum atomic E-state index is -0.494. The molecule has 0 bridgehead atoms. The van der Waals surface area contributed by atoms with Crippen LogP contribution in [0.2, 0.25) is 0 Å². The number of hydrogen-bond donors (Lipinski definition) is 0. The van der Waals surface area contributed by atoms with E-state index in [1.165, 1.54) is 40.9 Å². The van der Waals surface area contributed by atoms with Crippen molar-refractivity contribution in [3.8, 4) is 0 Å². The number of nitro benzene ring substituents is 1. The molecule has 6 nitrogen and oxygen atoms in total. The van der Waals surface area contributed by atoms with E-state index in [0.717, 1.165) is 5.56 Å². The van der Waals surface area contributed by atoms with E-state index in [9.17, 15) is 19.7 Å². The Morgan fingerprint density at radius 3 is 1.97 bits per heavy atom. The molecule has 0 aromatic heterocycles. The monoisotopic (exact) mass is 410 g/mol. The number of non-ortho nitro benzene ring substituents is 1. The average molecular weight is 410 g/mol. The van der Waals surface area contributed by atoms with Crippen molar-refractivity contribution in [2.75, 3.05) is 4.90 Å². The molecule has 0 saturated carbocycles. The number of carbonyl (C=O) groups excluding carboxylic acids is 2. The van der Waals surface area contributed by atoms with Gasteiger partial charge in [-0.05, 0) is 41.3 Å². The van der Waals surface area contributed by atoms with Gasteiger partial charge in [0.25, 0.3) is 17.5 Å². The fraction of sp³-hybridized carbons (Fsp3) is 0.273. The molecule has 1 heterocycles. The van der Waals surface area contributed by atoms with Gasteiger partial charge in [-0.2, -0.15) is 0 Å². The molecule has 0 atom stereocenters. The van der Waals surface area contributed by atoms with Crippen LogP contribution < -0.4 is 4.90 Å². The van der Waals surface area contributed by atoms with Crippen LogP contribution in [0.3, 0.4) is 0 Å². The molecular formula is C22H22N2O4S. The van der Waals surface area contributed by atoms with Crippen LogP contribution in [0.1, 0.15) is 44.7 Å². The fourth-order valence-corrected chi connectivity index (χ4v) is 4.09. The number of thioether (sulfide) groups is 1. The Morgan fingerprint density at radius 2 is 1.48 bits per heavy atom. The molecule has 0 fully saturated rings. The third-order valence-corrected chi connectivity index (χ3v) is 5.67. The molecule has 1 aliphatic heterocycles. The summed E-state index contributed by atoms with van der Waals surface area (Å²) in [6.07, 6.45) is 0. The van der Waals surface area contributed by atoms with E-state index in [1.807, 2.05) is 26.0 Å². The van der Waals surface area contributed by atoms with Gasteiger partial charge in [0.2, 0.25) is 0 Å². The highest BCUT2D eigenvalue weighted by Gasteiger charge is 2.40. The molecule has 0 radical (unpaired) electrons. The van der Waals surface area contributed by atoms with E-state index in [4.69, 9.17) is 0 Å². The van der Waals surface area contributed by atoms with Gasteiger partial charge in [0.05, 0.1) is 21.1 Å². The lowest BCUT2D eigenvalue weighted by atomic mass is 10.0. The molecule has 7 heteroatoms. The third-order valence-electron chi connectivity index (χ3n) is 4.58. The Labute approximate surface area is 173 Å². The standard InChI is InChI=1S/C22H22N2O4S/c1-13(2)15-5-9-17(10-6-15)23-21(25)19(20(22(23)26)29-14(3)4)16-7-11-18(12-8-16)24(27)28/h5-14H,1-4H3. The molecule has 0 aliphatic carbocycles. The second-order valence-corrected chi connectivity index (χ2v) is 8.95. The minimum absolute atomic E-state index is 0.0645. The zero-order chi connectivity index (χ0) is 21.3. The van der Waals surface area contributed by atoms with E-state index >= 15 is 0 Å². The minimum Gasteiger partial charge on any atom is -0.268 e. The summed E-state index contributed by atoms with van der Waals surface area (Å²) >= 11 is 1.33. The molecular weight excluding hydrogens is 388 g/mol. The normalized spacial score (nSPS) is 14.5. The molecule has 2 aromatic rings. The molecule has 0 saturated heterocycles. The molecule has 3 rings (SSSR count). The number of imide groups is 1. The number of benzene rings is 2. The molecule has 1 aliphatic rings. The van der Waals surface area contributed by atoms with Gasteiger partial charge in [-0.1, -0.05) is 39.8 Å². The summed E-state index contributed by atoms with van der Waals surface area (Å²) in [5, 5.41) is 11.0. The van der Waals surface area contributed by atoms with Crippen LogP contribution in [0.15, 0.2) is 53.4 Å². The Hall–Kier alpha value is -2.93. The van der Waals surface area contributed by atoms with Crippen molar-refractivity contribution in [3.05, 3.63) is 74.7 Å². The lowest BCUT2D eigenvalue weighted by Crippen LogP contribution is -2.31. The maximum atomic E-state index is 13.2. The lowest BCUT2D eigenvalue weighted by Gasteiger charge is -2.16. The topological polar surface area (TPSA) is 80.5 Å². The predicted octanol–water partition coefficient (Wildman–Crippen LogP) is 5.14. The molecule has 150 valence electrons. The van der Waals surface area contributed by atoms with Gasteiger partial charge in [0.15, 0.2) is 0 Å². The zero-order valence-corrected chi connectivity index (χ0v) is 17.5. The maximum absolute atomic E-state index is 13.2. The van der Waals surface area contributed by atoms with E-state index < -0.39 is 10.8 Å². The van der Waals surface area contributed by atoms with Gasteiger partial charge in [0.1, 0.15) is 0 Å². The van der Waals surface area contributed by atoms with E-state index in [2.05, 4.69) is 13.8 Å². The highest BCUT2D eigenvalue weighted by Crippen LogP contribution is 2.40. The van der Waals surface area contributed by atoms with Crippen LogP contribution in [0.25, 0.3) is 5.57 Å². The van der Waals surface area contributed by atoms with Crippen molar-refractivity contribution in [2.45, 2.75) is 38.9 Å². The smallest absolute Gasteiger partial charge is 0.268 e. The molecule has 0 unspecified atom stereocenters. The van der Waals surface area contributed by atoms with E-state index in [1.54, 1.807) is 12.1 Å². The number of rotatable bonds is 6. The summed E-state index contributed by atoms with van der Waals surface area (Å²) in [6.45, 7) is 8.05. The summed E-state index contributed by atoms with van der Waals surface area (Å²) in [6, 6.07) is 13.1. The van der Waals surface area contributed by atoms with Crippen molar-refractivity contribution >= 4 is 40.5 Å². The maximum Gasteiger partial charge on any atom is 0.272 e. The largest absolute Gasteiger partial charge is 0.272 e. The van der Waals surface area contributed by atoms with Crippen molar-refractivity contribution in [2.24, 2.45) is 0 Å². The van der Waals surface area contributed by atoms with Gasteiger partial charge < -0.3 is 0 Å². The van der Waals surface area contributed by atoms with Crippen molar-refractivity contribution < 1.29 is 14.5 Å². The number of amides is 2. The average Bonchev–Trinajstić information content (AvgIpc) is 2.91. The SMILES string of the molecule is CC(C)SC1=C(c2ccc([N+](=O)[O-])cc2)C(=O)N(c2ccc(C(C)C)cc2)C1=O. The van der Waals surface area contributed by atoms with Crippen LogP contribution in [-0.2, 0) is 9.59 Å². The second-order valence-electron chi connectivity index (χ2n) is 7.37. The highest BCUT2D eigenvalue weighted by molar-refractivity contribution is 8.04. The second kappa shape index (κ2) is 8.21. The summed E-state index contributed by atoms with van der Waals surface area (Å²) < 4.78 is 0. The first-order valence-electron chi connectivity index (χ1n) is 9.35. The lowest BCUT2D eigenvalue weighted by molar-refractivity contribution is -0.384. The zero-order valence-electron chi connectivity index (χ0n) is 16.7. The van der Waals surface area contributed by atoms with Crippen LogP contribution in [-0.4, -0.2) is 22.0 Å². The van der Waals surface area contributed by atoms with Gasteiger partial charge in [-0.15, -0.1) is 11.8 Å². The van der Waals surface area contributed by atoms with Crippen LogP contribution in [0.4, 0.5) is 11.4 Å². The van der Waals surface area contributed by atoms with Crippen LogP contribution in [0, 0.1) is 10.1 Å². The predicted molar refractivity (Wildman–Crippen MR) is 116 cm³/mol. The number of hydrogen-bond acceptors (Lipinski definition) is 5. The Bertz CT molecular complexity index is 992.